The normalized spacial score (nSPS) is 9.67. The Balaban J connectivity index is 3.09. The molecule has 0 heterocycles. The van der Waals surface area contributed by atoms with E-state index in [9.17, 15) is 0 Å². The monoisotopic (exact) mass is 152 g/mol. The van der Waals surface area contributed by atoms with Gasteiger partial charge in [0.1, 0.15) is 0 Å². The Morgan fingerprint density at radius 2 is 1.89 bits per heavy atom. The number of hydrogen-bond donors (Lipinski definition) is 0. The quantitative estimate of drug-likeness (QED) is 0.425. The summed E-state index contributed by atoms with van der Waals surface area (Å²) >= 11 is 5.32. The first kappa shape index (κ1) is 9.23. The molecule has 0 fully saturated rings. The van der Waals surface area contributed by atoms with Crippen molar-refractivity contribution in [1.29, 1.82) is 0 Å². The van der Waals surface area contributed by atoms with Crippen LogP contribution in [-0.4, -0.2) is 34.0 Å². The molecule has 54 valence electrons. The van der Waals surface area contributed by atoms with E-state index in [0.717, 1.165) is 0 Å². The lowest BCUT2D eigenvalue weighted by atomic mass is 10.2. The van der Waals surface area contributed by atoms with Crippen molar-refractivity contribution in [2.24, 2.45) is 0 Å². The Morgan fingerprint density at radius 3 is 2.22 bits per heavy atom. The van der Waals surface area contributed by atoms with E-state index in [2.05, 4.69) is 0 Å². The van der Waals surface area contributed by atoms with Gasteiger partial charge < -0.3 is 14.0 Å². The molecule has 0 saturated heterocycles. The van der Waals surface area contributed by atoms with E-state index in [4.69, 9.17) is 25.6 Å². The van der Waals surface area contributed by atoms with Crippen molar-refractivity contribution in [3.63, 3.8) is 0 Å². The highest BCUT2D eigenvalue weighted by atomic mass is 35.5. The molecule has 0 amide bonds. The zero-order chi connectivity index (χ0) is 7.11. The Hall–Kier alpha value is 0.235. The third-order valence-corrected chi connectivity index (χ3v) is 0.870. The molecule has 5 heteroatoms. The minimum atomic E-state index is -0.580. The molecule has 0 aliphatic rings. The average Bonchev–Trinajstić information content (AvgIpc) is 1.91. The average molecular weight is 152 g/mol. The number of alkyl halides is 1. The van der Waals surface area contributed by atoms with Gasteiger partial charge in [0.05, 0.1) is 0 Å². The second-order valence-corrected chi connectivity index (χ2v) is 1.70. The van der Waals surface area contributed by atoms with Crippen LogP contribution in [0.4, 0.5) is 0 Å². The Kier molecular flexibility index (Phi) is 6.52. The van der Waals surface area contributed by atoms with Gasteiger partial charge in [-0.25, -0.2) is 0 Å². The van der Waals surface area contributed by atoms with E-state index < -0.39 is 7.32 Å². The minimum absolute atomic E-state index is 0.438. The summed E-state index contributed by atoms with van der Waals surface area (Å²) in [4.78, 5) is 0. The summed E-state index contributed by atoms with van der Waals surface area (Å²) in [6.45, 7) is 0.438. The van der Waals surface area contributed by atoms with Crippen LogP contribution < -0.4 is 0 Å². The molecule has 0 aliphatic heterocycles. The van der Waals surface area contributed by atoms with Crippen LogP contribution >= 0.6 is 11.6 Å². The molecule has 0 aromatic heterocycles. The van der Waals surface area contributed by atoms with E-state index in [0.29, 0.717) is 12.5 Å². The molecule has 0 spiro atoms. The smallest absolute Gasteiger partial charge is 0.389 e. The molecule has 0 atom stereocenters. The summed E-state index contributed by atoms with van der Waals surface area (Å²) in [5.41, 5.74) is 0. The third kappa shape index (κ3) is 4.72. The summed E-state index contributed by atoms with van der Waals surface area (Å²) < 4.78 is 14.3. The first-order valence-electron chi connectivity index (χ1n) is 2.58. The standard InChI is InChI=1S/C4H10BClO3/c1-7-5(8-2)9-4-3-6/h3-4H2,1-2H3. The van der Waals surface area contributed by atoms with Gasteiger partial charge in [0.25, 0.3) is 0 Å². The molecule has 9 heavy (non-hydrogen) atoms. The fourth-order valence-corrected chi connectivity index (χ4v) is 0.462. The molecule has 0 bridgehead atoms. The molecule has 0 aromatic rings. The number of rotatable bonds is 5. The minimum Gasteiger partial charge on any atom is -0.389 e. The highest BCUT2D eigenvalue weighted by molar-refractivity contribution is 6.36. The second-order valence-electron chi connectivity index (χ2n) is 1.32. The van der Waals surface area contributed by atoms with E-state index in [1.807, 2.05) is 0 Å². The lowest BCUT2D eigenvalue weighted by Crippen LogP contribution is -2.24. The van der Waals surface area contributed by atoms with Gasteiger partial charge in [-0.15, -0.1) is 11.6 Å². The number of hydrogen-bond acceptors (Lipinski definition) is 3. The van der Waals surface area contributed by atoms with E-state index in [1.165, 1.54) is 14.2 Å². The van der Waals surface area contributed by atoms with Crippen LogP contribution in [0.25, 0.3) is 0 Å². The van der Waals surface area contributed by atoms with Gasteiger partial charge in [-0.1, -0.05) is 0 Å². The maximum absolute atomic E-state index is 5.32. The van der Waals surface area contributed by atoms with Crippen LogP contribution in [0.5, 0.6) is 0 Å². The summed E-state index contributed by atoms with van der Waals surface area (Å²) in [7, 11) is 2.42. The molecule has 0 unspecified atom stereocenters. The van der Waals surface area contributed by atoms with Crippen molar-refractivity contribution in [2.45, 2.75) is 0 Å². The predicted octanol–water partition coefficient (Wildman–Crippen LogP) is 0.519. The molecule has 0 radical (unpaired) electrons. The molecule has 3 nitrogen and oxygen atoms in total. The molecular formula is C4H10BClO3. The summed E-state index contributed by atoms with van der Waals surface area (Å²) in [6.07, 6.45) is 0. The van der Waals surface area contributed by atoms with E-state index in [1.54, 1.807) is 0 Å². The fraction of sp³-hybridized carbons (Fsp3) is 1.00. The van der Waals surface area contributed by atoms with Crippen LogP contribution in [0.1, 0.15) is 0 Å². The van der Waals surface area contributed by atoms with Gasteiger partial charge in [0, 0.05) is 26.7 Å². The van der Waals surface area contributed by atoms with Crippen molar-refractivity contribution < 1.29 is 14.0 Å². The molecule has 0 N–H and O–H groups in total. The zero-order valence-corrected chi connectivity index (χ0v) is 6.35. The third-order valence-electron chi connectivity index (χ3n) is 0.716. The molecule has 0 saturated carbocycles. The van der Waals surface area contributed by atoms with Gasteiger partial charge in [0.15, 0.2) is 0 Å². The molecule has 0 rings (SSSR count). The van der Waals surface area contributed by atoms with Gasteiger partial charge in [-0.05, 0) is 0 Å². The largest absolute Gasteiger partial charge is 0.639 e. The van der Waals surface area contributed by atoms with Crippen molar-refractivity contribution in [1.82, 2.24) is 0 Å². The lowest BCUT2D eigenvalue weighted by molar-refractivity contribution is 0.143. The Labute approximate surface area is 60.4 Å². The highest BCUT2D eigenvalue weighted by Gasteiger charge is 2.15. The van der Waals surface area contributed by atoms with Gasteiger partial charge in [-0.3, -0.25) is 0 Å². The first-order valence-corrected chi connectivity index (χ1v) is 3.11. The summed E-state index contributed by atoms with van der Waals surface area (Å²) in [5.74, 6) is 0.448. The SMILES string of the molecule is COB(OC)OCCCl. The zero-order valence-electron chi connectivity index (χ0n) is 5.59. The van der Waals surface area contributed by atoms with Crippen molar-refractivity contribution in [3.8, 4) is 0 Å². The highest BCUT2D eigenvalue weighted by Crippen LogP contribution is 1.87. The van der Waals surface area contributed by atoms with E-state index in [-0.39, 0.29) is 0 Å². The topological polar surface area (TPSA) is 27.7 Å². The van der Waals surface area contributed by atoms with Gasteiger partial charge in [0.2, 0.25) is 0 Å². The van der Waals surface area contributed by atoms with Crippen molar-refractivity contribution >= 4 is 18.9 Å². The van der Waals surface area contributed by atoms with Crippen LogP contribution in [0.3, 0.4) is 0 Å². The van der Waals surface area contributed by atoms with Gasteiger partial charge in [-0.2, -0.15) is 0 Å². The Bertz CT molecular complexity index is 59.8. The second kappa shape index (κ2) is 6.36. The molecule has 0 aromatic carbocycles. The van der Waals surface area contributed by atoms with Gasteiger partial charge >= 0.3 is 7.32 Å². The Morgan fingerprint density at radius 1 is 1.33 bits per heavy atom. The summed E-state index contributed by atoms with van der Waals surface area (Å²) in [6, 6.07) is 0. The summed E-state index contributed by atoms with van der Waals surface area (Å²) in [5, 5.41) is 0. The maximum Gasteiger partial charge on any atom is 0.639 e. The predicted molar refractivity (Wildman–Crippen MR) is 36.4 cm³/mol. The fourth-order valence-electron chi connectivity index (χ4n) is 0.373. The van der Waals surface area contributed by atoms with Crippen molar-refractivity contribution in [2.75, 3.05) is 26.7 Å². The molecular weight excluding hydrogens is 142 g/mol. The van der Waals surface area contributed by atoms with Crippen LogP contribution in [0.2, 0.25) is 0 Å². The van der Waals surface area contributed by atoms with Crippen molar-refractivity contribution in [3.05, 3.63) is 0 Å². The lowest BCUT2D eigenvalue weighted by Gasteiger charge is -2.05. The maximum atomic E-state index is 5.32. The van der Waals surface area contributed by atoms with Crippen LogP contribution in [0.15, 0.2) is 0 Å². The van der Waals surface area contributed by atoms with Crippen LogP contribution in [0, 0.1) is 0 Å². The van der Waals surface area contributed by atoms with Crippen LogP contribution in [-0.2, 0) is 14.0 Å². The molecule has 0 aliphatic carbocycles. The van der Waals surface area contributed by atoms with E-state index >= 15 is 0 Å². The number of halogens is 1. The first-order chi connectivity index (χ1) is 4.35.